The number of benzene rings is 1. The highest BCUT2D eigenvalue weighted by molar-refractivity contribution is 5.98. The number of imidazole rings is 1. The molecule has 1 aromatic carbocycles. The van der Waals surface area contributed by atoms with E-state index in [-0.39, 0.29) is 11.3 Å². The highest BCUT2D eigenvalue weighted by Gasteiger charge is 2.12. The van der Waals surface area contributed by atoms with E-state index in [0.717, 1.165) is 11.3 Å². The Hall–Kier alpha value is -2.04. The van der Waals surface area contributed by atoms with Gasteiger partial charge in [0.1, 0.15) is 5.82 Å². The Morgan fingerprint density at radius 1 is 1.53 bits per heavy atom. The van der Waals surface area contributed by atoms with E-state index in [0.29, 0.717) is 5.52 Å². The first-order valence-electron chi connectivity index (χ1n) is 4.46. The molecule has 0 bridgehead atoms. The minimum absolute atomic E-state index is 0.0978. The summed E-state index contributed by atoms with van der Waals surface area (Å²) in [5.41, 5.74) is 7.50. The molecular formula is C10H11N3O2. The van der Waals surface area contributed by atoms with Gasteiger partial charge in [-0.25, -0.2) is 9.78 Å². The highest BCUT2D eigenvalue weighted by Crippen LogP contribution is 2.22. The molecule has 3 N–H and O–H groups in total. The van der Waals surface area contributed by atoms with Crippen LogP contribution < -0.4 is 5.73 Å². The van der Waals surface area contributed by atoms with Gasteiger partial charge in [-0.2, -0.15) is 0 Å². The molecule has 2 rings (SSSR count). The topological polar surface area (TPSA) is 81.1 Å². The van der Waals surface area contributed by atoms with Crippen LogP contribution in [0.5, 0.6) is 0 Å². The van der Waals surface area contributed by atoms with Gasteiger partial charge in [0.2, 0.25) is 0 Å². The molecule has 2 aromatic rings. The summed E-state index contributed by atoms with van der Waals surface area (Å²) in [6, 6.07) is 3.14. The van der Waals surface area contributed by atoms with Gasteiger partial charge in [0.25, 0.3) is 0 Å². The molecule has 0 unspecified atom stereocenters. The third-order valence-electron chi connectivity index (χ3n) is 2.51. The standard InChI is InChI=1S/C10H11N3O2/c1-5-12-8-3-6(10(14)15)7(11)4-9(8)13(5)2/h3-4H,11H2,1-2H3,(H,14,15). The van der Waals surface area contributed by atoms with E-state index in [1.807, 2.05) is 18.5 Å². The van der Waals surface area contributed by atoms with Crippen molar-refractivity contribution < 1.29 is 9.90 Å². The van der Waals surface area contributed by atoms with Crippen LogP contribution in [0.15, 0.2) is 12.1 Å². The second-order valence-electron chi connectivity index (χ2n) is 3.45. The van der Waals surface area contributed by atoms with Crippen LogP contribution in [-0.4, -0.2) is 20.6 Å². The summed E-state index contributed by atoms with van der Waals surface area (Å²) in [6.45, 7) is 1.86. The Kier molecular flexibility index (Phi) is 1.89. The number of carboxylic acids is 1. The lowest BCUT2D eigenvalue weighted by molar-refractivity contribution is 0.0698. The predicted molar refractivity (Wildman–Crippen MR) is 56.8 cm³/mol. The van der Waals surface area contributed by atoms with E-state index in [4.69, 9.17) is 10.8 Å². The number of aromatic carboxylic acids is 1. The number of hydrogen-bond donors (Lipinski definition) is 2. The summed E-state index contributed by atoms with van der Waals surface area (Å²) in [4.78, 5) is 15.1. The zero-order valence-electron chi connectivity index (χ0n) is 8.48. The van der Waals surface area contributed by atoms with Crippen molar-refractivity contribution >= 4 is 22.7 Å². The molecular weight excluding hydrogens is 194 g/mol. The largest absolute Gasteiger partial charge is 0.478 e. The van der Waals surface area contributed by atoms with Crippen molar-refractivity contribution in [3.05, 3.63) is 23.5 Å². The van der Waals surface area contributed by atoms with Gasteiger partial charge in [0, 0.05) is 12.7 Å². The molecule has 15 heavy (non-hydrogen) atoms. The average Bonchev–Trinajstić information content (AvgIpc) is 2.43. The molecule has 0 spiro atoms. The van der Waals surface area contributed by atoms with Crippen LogP contribution in [0.3, 0.4) is 0 Å². The fourth-order valence-electron chi connectivity index (χ4n) is 1.56. The van der Waals surface area contributed by atoms with E-state index in [1.165, 1.54) is 6.07 Å². The van der Waals surface area contributed by atoms with E-state index >= 15 is 0 Å². The van der Waals surface area contributed by atoms with Gasteiger partial charge in [-0.1, -0.05) is 0 Å². The van der Waals surface area contributed by atoms with E-state index in [9.17, 15) is 4.79 Å². The number of carbonyl (C=O) groups is 1. The number of aromatic nitrogens is 2. The summed E-state index contributed by atoms with van der Waals surface area (Å²) < 4.78 is 1.87. The summed E-state index contributed by atoms with van der Waals surface area (Å²) in [5, 5.41) is 8.89. The first kappa shape index (κ1) is 9.51. The third kappa shape index (κ3) is 1.32. The maximum absolute atomic E-state index is 10.8. The number of rotatable bonds is 1. The number of aryl methyl sites for hydroxylation is 2. The number of nitrogen functional groups attached to an aromatic ring is 1. The average molecular weight is 205 g/mol. The van der Waals surface area contributed by atoms with Crippen molar-refractivity contribution in [2.45, 2.75) is 6.92 Å². The van der Waals surface area contributed by atoms with Gasteiger partial charge in [0.05, 0.1) is 16.6 Å². The van der Waals surface area contributed by atoms with Crippen molar-refractivity contribution in [2.24, 2.45) is 7.05 Å². The van der Waals surface area contributed by atoms with E-state index < -0.39 is 5.97 Å². The zero-order chi connectivity index (χ0) is 11.2. The molecule has 0 aliphatic rings. The van der Waals surface area contributed by atoms with Crippen molar-refractivity contribution in [3.63, 3.8) is 0 Å². The molecule has 78 valence electrons. The second-order valence-corrected chi connectivity index (χ2v) is 3.45. The molecule has 5 heteroatoms. The monoisotopic (exact) mass is 205 g/mol. The van der Waals surface area contributed by atoms with Gasteiger partial charge >= 0.3 is 5.97 Å². The maximum Gasteiger partial charge on any atom is 0.337 e. The van der Waals surface area contributed by atoms with Crippen LogP contribution in [-0.2, 0) is 7.05 Å². The number of nitrogens with two attached hydrogens (primary N) is 1. The Morgan fingerprint density at radius 3 is 2.80 bits per heavy atom. The quantitative estimate of drug-likeness (QED) is 0.684. The summed E-state index contributed by atoms with van der Waals surface area (Å²) in [7, 11) is 1.87. The van der Waals surface area contributed by atoms with Gasteiger partial charge < -0.3 is 15.4 Å². The minimum Gasteiger partial charge on any atom is -0.478 e. The highest BCUT2D eigenvalue weighted by atomic mass is 16.4. The van der Waals surface area contributed by atoms with Crippen molar-refractivity contribution in [2.75, 3.05) is 5.73 Å². The molecule has 0 atom stereocenters. The van der Waals surface area contributed by atoms with Gasteiger partial charge in [0.15, 0.2) is 0 Å². The molecule has 0 aliphatic carbocycles. The first-order chi connectivity index (χ1) is 7.00. The number of carboxylic acid groups (broad SMARTS) is 1. The van der Waals surface area contributed by atoms with Crippen LogP contribution in [0, 0.1) is 6.92 Å². The van der Waals surface area contributed by atoms with E-state index in [2.05, 4.69) is 4.98 Å². The summed E-state index contributed by atoms with van der Waals surface area (Å²) in [6.07, 6.45) is 0. The smallest absolute Gasteiger partial charge is 0.337 e. The summed E-state index contributed by atoms with van der Waals surface area (Å²) in [5.74, 6) is -0.204. The number of fused-ring (bicyclic) bond motifs is 1. The fraction of sp³-hybridized carbons (Fsp3) is 0.200. The third-order valence-corrected chi connectivity index (χ3v) is 2.51. The Labute approximate surface area is 86.1 Å². The lowest BCUT2D eigenvalue weighted by Gasteiger charge is -2.01. The van der Waals surface area contributed by atoms with Crippen molar-refractivity contribution in [3.8, 4) is 0 Å². The molecule has 0 amide bonds. The molecule has 1 heterocycles. The molecule has 5 nitrogen and oxygen atoms in total. The lowest BCUT2D eigenvalue weighted by Crippen LogP contribution is -2.02. The first-order valence-corrected chi connectivity index (χ1v) is 4.46. The molecule has 0 aliphatic heterocycles. The van der Waals surface area contributed by atoms with Crippen LogP contribution >= 0.6 is 0 Å². The van der Waals surface area contributed by atoms with Crippen LogP contribution in [0.2, 0.25) is 0 Å². The Morgan fingerprint density at radius 2 is 2.20 bits per heavy atom. The van der Waals surface area contributed by atoms with Crippen molar-refractivity contribution in [1.82, 2.24) is 9.55 Å². The lowest BCUT2D eigenvalue weighted by atomic mass is 10.1. The minimum atomic E-state index is -1.03. The Bertz CT molecular complexity index is 557. The van der Waals surface area contributed by atoms with Crippen LogP contribution in [0.25, 0.3) is 11.0 Å². The predicted octanol–water partition coefficient (Wildman–Crippen LogP) is 1.16. The van der Waals surface area contributed by atoms with Crippen LogP contribution in [0.4, 0.5) is 5.69 Å². The van der Waals surface area contributed by atoms with Gasteiger partial charge in [-0.05, 0) is 19.1 Å². The number of nitrogens with zero attached hydrogens (tertiary/aromatic N) is 2. The molecule has 0 saturated carbocycles. The van der Waals surface area contributed by atoms with E-state index in [1.54, 1.807) is 6.07 Å². The summed E-state index contributed by atoms with van der Waals surface area (Å²) >= 11 is 0. The Balaban J connectivity index is 2.82. The van der Waals surface area contributed by atoms with Gasteiger partial charge in [-0.15, -0.1) is 0 Å². The SMILES string of the molecule is Cc1nc2cc(C(=O)O)c(N)cc2n1C. The van der Waals surface area contributed by atoms with Crippen molar-refractivity contribution in [1.29, 1.82) is 0 Å². The number of anilines is 1. The normalized spacial score (nSPS) is 10.8. The number of hydrogen-bond acceptors (Lipinski definition) is 3. The molecule has 1 aromatic heterocycles. The second kappa shape index (κ2) is 2.98. The maximum atomic E-state index is 10.8. The molecule has 0 fully saturated rings. The van der Waals surface area contributed by atoms with Crippen LogP contribution in [0.1, 0.15) is 16.2 Å². The molecule has 0 saturated heterocycles. The fourth-order valence-corrected chi connectivity index (χ4v) is 1.56. The molecule has 0 radical (unpaired) electrons. The van der Waals surface area contributed by atoms with Gasteiger partial charge in [-0.3, -0.25) is 0 Å². The zero-order valence-corrected chi connectivity index (χ0v) is 8.48.